The van der Waals surface area contributed by atoms with Gasteiger partial charge in [-0.05, 0) is 54.1 Å². The van der Waals surface area contributed by atoms with Crippen molar-refractivity contribution in [3.8, 4) is 17.2 Å². The van der Waals surface area contributed by atoms with Crippen LogP contribution in [0.2, 0.25) is 0 Å². The number of para-hydroxylation sites is 4. The normalized spacial score (nSPS) is 15.3. The van der Waals surface area contributed by atoms with Crippen LogP contribution < -0.4 is 9.64 Å². The second kappa shape index (κ2) is 9.29. The number of ketones is 1. The van der Waals surface area contributed by atoms with E-state index in [1.807, 2.05) is 36.4 Å². The van der Waals surface area contributed by atoms with Gasteiger partial charge in [0.15, 0.2) is 11.5 Å². The monoisotopic (exact) mass is 503 g/mol. The second-order valence-electron chi connectivity index (χ2n) is 8.79. The number of aromatic hydroxyl groups is 1. The van der Waals surface area contributed by atoms with Gasteiger partial charge in [0.2, 0.25) is 5.78 Å². The number of nitrogens with zero attached hydrogens (tertiary/aromatic N) is 1. The SMILES string of the molecule is O=C(C1=C(O)C(=O)N(c2ccccc2O)C1c1cccc(Oc2ccccc2)c1)c1cc2ccccc2o1. The molecule has 1 amide bonds. The van der Waals surface area contributed by atoms with Crippen molar-refractivity contribution in [2.75, 3.05) is 4.90 Å². The van der Waals surface area contributed by atoms with Crippen LogP contribution in [0.4, 0.5) is 5.69 Å². The summed E-state index contributed by atoms with van der Waals surface area (Å²) >= 11 is 0. The van der Waals surface area contributed by atoms with Gasteiger partial charge >= 0.3 is 0 Å². The molecule has 0 bridgehead atoms. The third-order valence-electron chi connectivity index (χ3n) is 6.40. The molecule has 0 spiro atoms. The molecular weight excluding hydrogens is 482 g/mol. The number of rotatable bonds is 6. The zero-order valence-electron chi connectivity index (χ0n) is 19.9. The van der Waals surface area contributed by atoms with Gasteiger partial charge in [-0.3, -0.25) is 14.5 Å². The molecule has 1 atom stereocenters. The average Bonchev–Trinajstić information content (AvgIpc) is 3.48. The number of carbonyl (C=O) groups excluding carboxylic acids is 2. The molecule has 1 unspecified atom stereocenters. The average molecular weight is 504 g/mol. The van der Waals surface area contributed by atoms with Crippen LogP contribution in [0, 0.1) is 0 Å². The highest BCUT2D eigenvalue weighted by atomic mass is 16.5. The maximum atomic E-state index is 13.8. The minimum Gasteiger partial charge on any atom is -0.506 e. The Morgan fingerprint density at radius 1 is 0.789 bits per heavy atom. The minimum absolute atomic E-state index is 0.0126. The Morgan fingerprint density at radius 3 is 2.29 bits per heavy atom. The molecule has 4 aromatic carbocycles. The highest BCUT2D eigenvalue weighted by Crippen LogP contribution is 2.45. The van der Waals surface area contributed by atoms with E-state index in [-0.39, 0.29) is 22.8 Å². The predicted molar refractivity (Wildman–Crippen MR) is 141 cm³/mol. The predicted octanol–water partition coefficient (Wildman–Crippen LogP) is 6.71. The number of ether oxygens (including phenoxy) is 1. The molecule has 7 heteroatoms. The topological polar surface area (TPSA) is 100 Å². The molecule has 0 saturated heterocycles. The Hall–Kier alpha value is -5.30. The third kappa shape index (κ3) is 3.96. The number of Topliss-reactive ketones (excluding diaryl/α,β-unsaturated/α-hetero) is 1. The lowest BCUT2D eigenvalue weighted by Gasteiger charge is -2.27. The maximum Gasteiger partial charge on any atom is 0.294 e. The second-order valence-corrected chi connectivity index (χ2v) is 8.79. The van der Waals surface area contributed by atoms with Crippen LogP contribution in [0.1, 0.15) is 22.2 Å². The number of furan rings is 1. The van der Waals surface area contributed by atoms with E-state index >= 15 is 0 Å². The molecule has 0 aliphatic carbocycles. The number of amides is 1. The molecule has 1 aliphatic heterocycles. The standard InChI is InChI=1S/C31H21NO6/c33-24-15-6-5-14-23(24)32-28(20-10-8-13-22(17-20)37-21-11-2-1-3-12-21)27(30(35)31(32)36)29(34)26-18-19-9-4-7-16-25(19)38-26/h1-18,28,33,35H. The Morgan fingerprint density at radius 2 is 1.50 bits per heavy atom. The molecule has 5 aromatic rings. The van der Waals surface area contributed by atoms with E-state index in [1.165, 1.54) is 11.0 Å². The maximum absolute atomic E-state index is 13.8. The number of hydrogen-bond donors (Lipinski definition) is 2. The van der Waals surface area contributed by atoms with E-state index < -0.39 is 23.5 Å². The summed E-state index contributed by atoms with van der Waals surface area (Å²) < 4.78 is 11.8. The molecule has 1 aliphatic rings. The first-order valence-electron chi connectivity index (χ1n) is 11.9. The quantitative estimate of drug-likeness (QED) is 0.250. The number of anilines is 1. The number of aliphatic hydroxyl groups is 1. The van der Waals surface area contributed by atoms with Crippen molar-refractivity contribution >= 4 is 28.3 Å². The summed E-state index contributed by atoms with van der Waals surface area (Å²) in [5, 5.41) is 22.4. The molecule has 6 rings (SSSR count). The molecule has 2 heterocycles. The number of hydrogen-bond acceptors (Lipinski definition) is 6. The zero-order valence-corrected chi connectivity index (χ0v) is 19.9. The summed E-state index contributed by atoms with van der Waals surface area (Å²) in [6.45, 7) is 0. The summed E-state index contributed by atoms with van der Waals surface area (Å²) in [6.07, 6.45) is 0. The number of aliphatic hydroxyl groups excluding tert-OH is 1. The van der Waals surface area contributed by atoms with Gasteiger partial charge in [0, 0.05) is 5.39 Å². The van der Waals surface area contributed by atoms with Crippen LogP contribution in [0.25, 0.3) is 11.0 Å². The Bertz CT molecular complexity index is 1690. The van der Waals surface area contributed by atoms with Crippen molar-refractivity contribution in [2.24, 2.45) is 0 Å². The first kappa shape index (κ1) is 23.1. The van der Waals surface area contributed by atoms with Crippen molar-refractivity contribution in [3.05, 3.63) is 132 Å². The van der Waals surface area contributed by atoms with Crippen molar-refractivity contribution in [2.45, 2.75) is 6.04 Å². The summed E-state index contributed by atoms with van der Waals surface area (Å²) in [4.78, 5) is 28.4. The summed E-state index contributed by atoms with van der Waals surface area (Å²) in [7, 11) is 0. The highest BCUT2D eigenvalue weighted by molar-refractivity contribution is 6.21. The molecule has 1 aromatic heterocycles. The van der Waals surface area contributed by atoms with Gasteiger partial charge < -0.3 is 19.4 Å². The first-order chi connectivity index (χ1) is 18.5. The van der Waals surface area contributed by atoms with Crippen LogP contribution in [0.5, 0.6) is 17.2 Å². The third-order valence-corrected chi connectivity index (χ3v) is 6.40. The number of phenols is 1. The zero-order chi connectivity index (χ0) is 26.2. The number of fused-ring (bicyclic) bond motifs is 1. The van der Waals surface area contributed by atoms with E-state index in [1.54, 1.807) is 66.7 Å². The number of phenolic OH excluding ortho intramolecular Hbond substituents is 1. The highest BCUT2D eigenvalue weighted by Gasteiger charge is 2.46. The van der Waals surface area contributed by atoms with E-state index in [0.29, 0.717) is 28.0 Å². The molecule has 2 N–H and O–H groups in total. The Labute approximate surface area is 217 Å². The molecule has 186 valence electrons. The molecule has 38 heavy (non-hydrogen) atoms. The lowest BCUT2D eigenvalue weighted by Crippen LogP contribution is -2.31. The van der Waals surface area contributed by atoms with Crippen LogP contribution >= 0.6 is 0 Å². The summed E-state index contributed by atoms with van der Waals surface area (Å²) in [5.74, 6) is -1.26. The van der Waals surface area contributed by atoms with Crippen molar-refractivity contribution < 1.29 is 29.0 Å². The van der Waals surface area contributed by atoms with Gasteiger partial charge in [-0.25, -0.2) is 0 Å². The summed E-state index contributed by atoms with van der Waals surface area (Å²) in [5.41, 5.74) is 0.996. The first-order valence-corrected chi connectivity index (χ1v) is 11.9. The largest absolute Gasteiger partial charge is 0.506 e. The van der Waals surface area contributed by atoms with Gasteiger partial charge in [0.25, 0.3) is 5.91 Å². The van der Waals surface area contributed by atoms with Crippen molar-refractivity contribution in [1.82, 2.24) is 0 Å². The fourth-order valence-corrected chi connectivity index (χ4v) is 4.67. The van der Waals surface area contributed by atoms with Crippen molar-refractivity contribution in [3.63, 3.8) is 0 Å². The molecule has 0 radical (unpaired) electrons. The Kier molecular flexibility index (Phi) is 5.65. The van der Waals surface area contributed by atoms with Crippen molar-refractivity contribution in [1.29, 1.82) is 0 Å². The van der Waals surface area contributed by atoms with E-state index in [2.05, 4.69) is 0 Å². The molecule has 7 nitrogen and oxygen atoms in total. The molecular formula is C31H21NO6. The van der Waals surface area contributed by atoms with Gasteiger partial charge in [-0.2, -0.15) is 0 Å². The van der Waals surface area contributed by atoms with Gasteiger partial charge in [0.1, 0.15) is 22.8 Å². The van der Waals surface area contributed by atoms with Gasteiger partial charge in [-0.1, -0.05) is 60.7 Å². The fourth-order valence-electron chi connectivity index (χ4n) is 4.67. The van der Waals surface area contributed by atoms with Gasteiger partial charge in [0.05, 0.1) is 17.3 Å². The molecule has 0 saturated carbocycles. The summed E-state index contributed by atoms with van der Waals surface area (Å²) in [6, 6.07) is 30.0. The van der Waals surface area contributed by atoms with Crippen LogP contribution in [0.15, 0.2) is 125 Å². The lowest BCUT2D eigenvalue weighted by molar-refractivity contribution is -0.117. The van der Waals surface area contributed by atoms with Gasteiger partial charge in [-0.15, -0.1) is 0 Å². The minimum atomic E-state index is -1.06. The number of benzene rings is 4. The number of carbonyl (C=O) groups is 2. The fraction of sp³-hybridized carbons (Fsp3) is 0.0323. The van der Waals surface area contributed by atoms with E-state index in [9.17, 15) is 19.8 Å². The van der Waals surface area contributed by atoms with Crippen LogP contribution in [0.3, 0.4) is 0 Å². The van der Waals surface area contributed by atoms with E-state index in [4.69, 9.17) is 9.15 Å². The Balaban J connectivity index is 1.48. The van der Waals surface area contributed by atoms with Crippen LogP contribution in [-0.2, 0) is 4.79 Å². The van der Waals surface area contributed by atoms with E-state index in [0.717, 1.165) is 0 Å². The molecule has 0 fully saturated rings. The smallest absolute Gasteiger partial charge is 0.294 e. The van der Waals surface area contributed by atoms with Crippen LogP contribution in [-0.4, -0.2) is 21.9 Å². The lowest BCUT2D eigenvalue weighted by atomic mass is 9.94.